The Kier molecular flexibility index (Phi) is 5.95. The molecule has 0 spiro atoms. The molecule has 3 rings (SSSR count). The molecule has 1 aromatic carbocycles. The van der Waals surface area contributed by atoms with Gasteiger partial charge in [-0.1, -0.05) is 43.2 Å². The van der Waals surface area contributed by atoms with Gasteiger partial charge in [0.15, 0.2) is 5.82 Å². The Balaban J connectivity index is 1.45. The molecule has 0 radical (unpaired) electrons. The number of nitrogens with one attached hydrogen (secondary N) is 2. The van der Waals surface area contributed by atoms with Crippen LogP contribution in [0.3, 0.4) is 0 Å². The summed E-state index contributed by atoms with van der Waals surface area (Å²) >= 11 is 0. The summed E-state index contributed by atoms with van der Waals surface area (Å²) in [5.41, 5.74) is 1.49. The van der Waals surface area contributed by atoms with Gasteiger partial charge >= 0.3 is 6.03 Å². The largest absolute Gasteiger partial charge is 0.393 e. The average molecular weight is 340 g/mol. The van der Waals surface area contributed by atoms with Gasteiger partial charge in [0.25, 0.3) is 0 Å². The molecule has 0 saturated heterocycles. The first-order chi connectivity index (χ1) is 12.2. The van der Waals surface area contributed by atoms with E-state index in [1.807, 2.05) is 30.3 Å². The summed E-state index contributed by atoms with van der Waals surface area (Å²) < 4.78 is 0. The molecule has 1 fully saturated rings. The standard InChI is InChI=1S/C19H24N4O2/c24-17-9-5-4-6-14(17)10-11-20-19(25)23-16-12-21-18(22-13-16)15-7-2-1-3-8-15/h1-3,7-8,12-14,17,24H,4-6,9-11H2,(H2,20,23,25)/t14-,17-/m1/s1. The summed E-state index contributed by atoms with van der Waals surface area (Å²) in [5.74, 6) is 0.917. The summed E-state index contributed by atoms with van der Waals surface area (Å²) in [4.78, 5) is 20.5. The zero-order chi connectivity index (χ0) is 17.5. The van der Waals surface area contributed by atoms with Crippen molar-refractivity contribution in [3.63, 3.8) is 0 Å². The van der Waals surface area contributed by atoms with Gasteiger partial charge in [-0.05, 0) is 25.2 Å². The third kappa shape index (κ3) is 5.00. The average Bonchev–Trinajstić information content (AvgIpc) is 2.65. The maximum atomic E-state index is 12.0. The first kappa shape index (κ1) is 17.4. The zero-order valence-corrected chi connectivity index (χ0v) is 14.2. The smallest absolute Gasteiger partial charge is 0.319 e. The van der Waals surface area contributed by atoms with E-state index >= 15 is 0 Å². The number of aromatic nitrogens is 2. The van der Waals surface area contributed by atoms with Crippen LogP contribution >= 0.6 is 0 Å². The predicted octanol–water partition coefficient (Wildman–Crippen LogP) is 3.21. The molecule has 3 N–H and O–H groups in total. The Bertz CT molecular complexity index is 676. The van der Waals surface area contributed by atoms with E-state index in [9.17, 15) is 9.90 Å². The number of aliphatic hydroxyl groups excluding tert-OH is 1. The topological polar surface area (TPSA) is 87.1 Å². The number of anilines is 1. The number of aliphatic hydroxyl groups is 1. The van der Waals surface area contributed by atoms with Crippen molar-refractivity contribution in [1.29, 1.82) is 0 Å². The number of nitrogens with zero attached hydrogens (tertiary/aromatic N) is 2. The maximum absolute atomic E-state index is 12.0. The Labute approximate surface area is 147 Å². The molecule has 1 aromatic heterocycles. The van der Waals surface area contributed by atoms with Crippen LogP contribution in [0.25, 0.3) is 11.4 Å². The second kappa shape index (κ2) is 8.58. The van der Waals surface area contributed by atoms with Gasteiger partial charge in [-0.3, -0.25) is 0 Å². The summed E-state index contributed by atoms with van der Waals surface area (Å²) in [6, 6.07) is 9.41. The molecule has 6 nitrogen and oxygen atoms in total. The summed E-state index contributed by atoms with van der Waals surface area (Å²) in [6.45, 7) is 0.552. The van der Waals surface area contributed by atoms with Gasteiger partial charge in [-0.2, -0.15) is 0 Å². The number of carbonyl (C=O) groups is 1. The third-order valence-electron chi connectivity index (χ3n) is 4.61. The van der Waals surface area contributed by atoms with Crippen molar-refractivity contribution in [3.8, 4) is 11.4 Å². The lowest BCUT2D eigenvalue weighted by Gasteiger charge is -2.27. The van der Waals surface area contributed by atoms with E-state index in [1.165, 1.54) is 6.42 Å². The van der Waals surface area contributed by atoms with Crippen molar-refractivity contribution in [3.05, 3.63) is 42.7 Å². The SMILES string of the molecule is O=C(NCC[C@H]1CCCC[C@H]1O)Nc1cnc(-c2ccccc2)nc1. The molecule has 132 valence electrons. The first-order valence-corrected chi connectivity index (χ1v) is 8.83. The van der Waals surface area contributed by atoms with Crippen molar-refractivity contribution in [2.24, 2.45) is 5.92 Å². The van der Waals surface area contributed by atoms with Crippen LogP contribution in [0.5, 0.6) is 0 Å². The van der Waals surface area contributed by atoms with E-state index in [4.69, 9.17) is 0 Å². The van der Waals surface area contributed by atoms with Crippen LogP contribution in [-0.4, -0.2) is 33.8 Å². The lowest BCUT2D eigenvalue weighted by Crippen LogP contribution is -2.33. The van der Waals surface area contributed by atoms with Crippen molar-refractivity contribution >= 4 is 11.7 Å². The Morgan fingerprint density at radius 3 is 2.56 bits per heavy atom. The van der Waals surface area contributed by atoms with Crippen LogP contribution in [0.15, 0.2) is 42.7 Å². The predicted molar refractivity (Wildman–Crippen MR) is 97.1 cm³/mol. The fourth-order valence-corrected chi connectivity index (χ4v) is 3.20. The molecule has 1 saturated carbocycles. The molecule has 1 heterocycles. The second-order valence-electron chi connectivity index (χ2n) is 6.44. The molecule has 25 heavy (non-hydrogen) atoms. The first-order valence-electron chi connectivity index (χ1n) is 8.83. The number of urea groups is 1. The van der Waals surface area contributed by atoms with Crippen LogP contribution in [0.2, 0.25) is 0 Å². The van der Waals surface area contributed by atoms with Crippen molar-refractivity contribution in [2.75, 3.05) is 11.9 Å². The highest BCUT2D eigenvalue weighted by Crippen LogP contribution is 2.26. The van der Waals surface area contributed by atoms with Crippen LogP contribution in [0.1, 0.15) is 32.1 Å². The number of carbonyl (C=O) groups excluding carboxylic acids is 1. The Morgan fingerprint density at radius 2 is 1.84 bits per heavy atom. The summed E-state index contributed by atoms with van der Waals surface area (Å²) in [5, 5.41) is 15.5. The number of benzene rings is 1. The van der Waals surface area contributed by atoms with Crippen LogP contribution < -0.4 is 10.6 Å². The Hall–Kier alpha value is -2.47. The molecule has 0 aliphatic heterocycles. The van der Waals surface area contributed by atoms with Crippen molar-refractivity contribution in [2.45, 2.75) is 38.2 Å². The molecule has 0 unspecified atom stereocenters. The summed E-state index contributed by atoms with van der Waals surface area (Å²) in [7, 11) is 0. The lowest BCUT2D eigenvalue weighted by molar-refractivity contribution is 0.0658. The monoisotopic (exact) mass is 340 g/mol. The number of hydrogen-bond donors (Lipinski definition) is 3. The molecule has 2 atom stereocenters. The highest BCUT2D eigenvalue weighted by molar-refractivity contribution is 5.88. The van der Waals surface area contributed by atoms with Crippen molar-refractivity contribution in [1.82, 2.24) is 15.3 Å². The molecule has 0 bridgehead atoms. The van der Waals surface area contributed by atoms with Crippen molar-refractivity contribution < 1.29 is 9.90 Å². The highest BCUT2D eigenvalue weighted by Gasteiger charge is 2.22. The molecule has 1 aliphatic rings. The third-order valence-corrected chi connectivity index (χ3v) is 4.61. The van der Waals surface area contributed by atoms with Crippen LogP contribution in [0.4, 0.5) is 10.5 Å². The van der Waals surface area contributed by atoms with E-state index in [2.05, 4.69) is 20.6 Å². The molecule has 2 aromatic rings. The van der Waals surface area contributed by atoms with E-state index in [0.717, 1.165) is 31.2 Å². The minimum absolute atomic E-state index is 0.224. The van der Waals surface area contributed by atoms with Gasteiger partial charge in [0.1, 0.15) is 0 Å². The number of rotatable bonds is 5. The zero-order valence-electron chi connectivity index (χ0n) is 14.2. The Morgan fingerprint density at radius 1 is 1.12 bits per heavy atom. The fraction of sp³-hybridized carbons (Fsp3) is 0.421. The minimum Gasteiger partial charge on any atom is -0.393 e. The van der Waals surface area contributed by atoms with Crippen LogP contribution in [0, 0.1) is 5.92 Å². The van der Waals surface area contributed by atoms with Gasteiger partial charge in [0.05, 0.1) is 24.2 Å². The second-order valence-corrected chi connectivity index (χ2v) is 6.44. The van der Waals surface area contributed by atoms with Gasteiger partial charge in [-0.25, -0.2) is 14.8 Å². The highest BCUT2D eigenvalue weighted by atomic mass is 16.3. The van der Waals surface area contributed by atoms with Crippen LogP contribution in [-0.2, 0) is 0 Å². The minimum atomic E-state index is -0.277. The maximum Gasteiger partial charge on any atom is 0.319 e. The normalized spacial score (nSPS) is 20.0. The molecule has 2 amide bonds. The number of amides is 2. The number of hydrogen-bond acceptors (Lipinski definition) is 4. The van der Waals surface area contributed by atoms with E-state index in [1.54, 1.807) is 12.4 Å². The molecule has 1 aliphatic carbocycles. The molecular formula is C19H24N4O2. The fourth-order valence-electron chi connectivity index (χ4n) is 3.20. The van der Waals surface area contributed by atoms with E-state index < -0.39 is 0 Å². The molecular weight excluding hydrogens is 316 g/mol. The molecule has 6 heteroatoms. The van der Waals surface area contributed by atoms with Gasteiger partial charge in [0.2, 0.25) is 0 Å². The van der Waals surface area contributed by atoms with Gasteiger partial charge in [-0.15, -0.1) is 0 Å². The van der Waals surface area contributed by atoms with Gasteiger partial charge < -0.3 is 15.7 Å². The van der Waals surface area contributed by atoms with Gasteiger partial charge in [0, 0.05) is 12.1 Å². The summed E-state index contributed by atoms with van der Waals surface area (Å²) in [6.07, 6.45) is 7.96. The quantitative estimate of drug-likeness (QED) is 0.780. The lowest BCUT2D eigenvalue weighted by atomic mass is 9.84. The van der Waals surface area contributed by atoms with E-state index in [0.29, 0.717) is 24.0 Å². The van der Waals surface area contributed by atoms with E-state index in [-0.39, 0.29) is 12.1 Å².